The van der Waals surface area contributed by atoms with E-state index in [0.717, 1.165) is 16.5 Å². The highest BCUT2D eigenvalue weighted by atomic mass is 16.1. The smallest absolute Gasteiger partial charge is 0.270 e. The second-order valence-electron chi connectivity index (χ2n) is 4.43. The molecule has 2 heterocycles. The van der Waals surface area contributed by atoms with Gasteiger partial charge < -0.3 is 5.32 Å². The molecule has 0 saturated heterocycles. The number of pyridine rings is 2. The fraction of sp³-hybridized carbons (Fsp3) is 0.0625. The Kier molecular flexibility index (Phi) is 3.37. The van der Waals surface area contributed by atoms with Crippen LogP contribution in [0, 0.1) is 0 Å². The van der Waals surface area contributed by atoms with Gasteiger partial charge in [0.25, 0.3) is 5.91 Å². The molecule has 1 aromatic carbocycles. The van der Waals surface area contributed by atoms with Crippen molar-refractivity contribution in [2.75, 3.05) is 0 Å². The van der Waals surface area contributed by atoms with Crippen LogP contribution in [-0.2, 0) is 6.54 Å². The standard InChI is InChI=1S/C16H13N3O/c20-16(15-7-3-4-8-17-15)19-11-12-9-13-5-1-2-6-14(13)18-10-12/h1-10H,11H2,(H,19,20). The van der Waals surface area contributed by atoms with Gasteiger partial charge >= 0.3 is 0 Å². The Morgan fingerprint density at radius 1 is 1.05 bits per heavy atom. The van der Waals surface area contributed by atoms with Gasteiger partial charge in [-0.1, -0.05) is 24.3 Å². The van der Waals surface area contributed by atoms with Crippen molar-refractivity contribution in [1.82, 2.24) is 15.3 Å². The molecular formula is C16H13N3O. The number of hydrogen-bond acceptors (Lipinski definition) is 3. The lowest BCUT2D eigenvalue weighted by Gasteiger charge is -2.05. The maximum atomic E-state index is 11.9. The number of hydrogen-bond donors (Lipinski definition) is 1. The van der Waals surface area contributed by atoms with Gasteiger partial charge in [-0.3, -0.25) is 14.8 Å². The Hall–Kier alpha value is -2.75. The molecule has 2 aromatic heterocycles. The zero-order chi connectivity index (χ0) is 13.8. The Morgan fingerprint density at radius 2 is 1.90 bits per heavy atom. The van der Waals surface area contributed by atoms with Crippen molar-refractivity contribution in [3.8, 4) is 0 Å². The van der Waals surface area contributed by atoms with Crippen LogP contribution in [0.4, 0.5) is 0 Å². The van der Waals surface area contributed by atoms with Crippen molar-refractivity contribution in [2.24, 2.45) is 0 Å². The first-order chi connectivity index (χ1) is 9.83. The zero-order valence-electron chi connectivity index (χ0n) is 10.8. The van der Waals surface area contributed by atoms with Crippen LogP contribution in [0.2, 0.25) is 0 Å². The Bertz CT molecular complexity index is 741. The predicted molar refractivity (Wildman–Crippen MR) is 77.2 cm³/mol. The molecule has 4 heteroatoms. The first-order valence-electron chi connectivity index (χ1n) is 6.36. The molecule has 4 nitrogen and oxygen atoms in total. The van der Waals surface area contributed by atoms with Gasteiger partial charge in [0.15, 0.2) is 0 Å². The number of carbonyl (C=O) groups excluding carboxylic acids is 1. The van der Waals surface area contributed by atoms with Gasteiger partial charge in [-0.25, -0.2) is 0 Å². The van der Waals surface area contributed by atoms with Crippen LogP contribution in [0.15, 0.2) is 60.9 Å². The van der Waals surface area contributed by atoms with Gasteiger partial charge in [0.1, 0.15) is 5.69 Å². The molecule has 3 aromatic rings. The molecule has 0 spiro atoms. The molecule has 0 aliphatic carbocycles. The van der Waals surface area contributed by atoms with Crippen LogP contribution in [0.3, 0.4) is 0 Å². The number of fused-ring (bicyclic) bond motifs is 1. The summed E-state index contributed by atoms with van der Waals surface area (Å²) in [5.41, 5.74) is 2.33. The zero-order valence-corrected chi connectivity index (χ0v) is 10.8. The van der Waals surface area contributed by atoms with E-state index in [1.807, 2.05) is 30.3 Å². The van der Waals surface area contributed by atoms with E-state index in [2.05, 4.69) is 15.3 Å². The Balaban J connectivity index is 1.72. The maximum absolute atomic E-state index is 11.9. The fourth-order valence-electron chi connectivity index (χ4n) is 1.98. The highest BCUT2D eigenvalue weighted by Gasteiger charge is 2.05. The highest BCUT2D eigenvalue weighted by molar-refractivity contribution is 5.92. The van der Waals surface area contributed by atoms with Crippen LogP contribution >= 0.6 is 0 Å². The molecule has 0 fully saturated rings. The van der Waals surface area contributed by atoms with E-state index in [4.69, 9.17) is 0 Å². The summed E-state index contributed by atoms with van der Waals surface area (Å²) in [6.45, 7) is 0.438. The van der Waals surface area contributed by atoms with Crippen molar-refractivity contribution in [3.05, 3.63) is 72.2 Å². The second kappa shape index (κ2) is 5.48. The summed E-state index contributed by atoms with van der Waals surface area (Å²) in [6, 6.07) is 15.2. The van der Waals surface area contributed by atoms with Gasteiger partial charge in [-0.15, -0.1) is 0 Å². The molecule has 0 aliphatic heterocycles. The van der Waals surface area contributed by atoms with Gasteiger partial charge in [-0.05, 0) is 29.8 Å². The van der Waals surface area contributed by atoms with Gasteiger partial charge in [0.2, 0.25) is 0 Å². The fourth-order valence-corrected chi connectivity index (χ4v) is 1.98. The first kappa shape index (κ1) is 12.3. The number of para-hydroxylation sites is 1. The lowest BCUT2D eigenvalue weighted by molar-refractivity contribution is 0.0946. The van der Waals surface area contributed by atoms with E-state index in [-0.39, 0.29) is 5.91 Å². The van der Waals surface area contributed by atoms with E-state index in [1.165, 1.54) is 0 Å². The van der Waals surface area contributed by atoms with E-state index in [9.17, 15) is 4.79 Å². The van der Waals surface area contributed by atoms with Crippen LogP contribution in [0.1, 0.15) is 16.1 Å². The highest BCUT2D eigenvalue weighted by Crippen LogP contribution is 2.12. The molecule has 0 aliphatic rings. The second-order valence-corrected chi connectivity index (χ2v) is 4.43. The monoisotopic (exact) mass is 263 g/mol. The Labute approximate surface area is 116 Å². The SMILES string of the molecule is O=C(NCc1cnc2ccccc2c1)c1ccccn1. The molecule has 0 atom stereocenters. The van der Waals surface area contributed by atoms with E-state index in [0.29, 0.717) is 12.2 Å². The average Bonchev–Trinajstić information content (AvgIpc) is 2.53. The first-order valence-corrected chi connectivity index (χ1v) is 6.36. The van der Waals surface area contributed by atoms with Crippen LogP contribution < -0.4 is 5.32 Å². The van der Waals surface area contributed by atoms with E-state index < -0.39 is 0 Å². The van der Waals surface area contributed by atoms with Crippen LogP contribution in [0.5, 0.6) is 0 Å². The normalized spacial score (nSPS) is 10.4. The third kappa shape index (κ3) is 2.64. The number of nitrogens with one attached hydrogen (secondary N) is 1. The molecule has 1 N–H and O–H groups in total. The van der Waals surface area contributed by atoms with Crippen molar-refractivity contribution in [1.29, 1.82) is 0 Å². The summed E-state index contributed by atoms with van der Waals surface area (Å²) in [6.07, 6.45) is 3.38. The van der Waals surface area contributed by atoms with Crippen molar-refractivity contribution in [3.63, 3.8) is 0 Å². The summed E-state index contributed by atoms with van der Waals surface area (Å²) in [5, 5.41) is 3.91. The van der Waals surface area contributed by atoms with Crippen molar-refractivity contribution in [2.45, 2.75) is 6.54 Å². The third-order valence-electron chi connectivity index (χ3n) is 3.00. The minimum Gasteiger partial charge on any atom is -0.347 e. The lowest BCUT2D eigenvalue weighted by atomic mass is 10.1. The number of aromatic nitrogens is 2. The van der Waals surface area contributed by atoms with Crippen molar-refractivity contribution >= 4 is 16.8 Å². The van der Waals surface area contributed by atoms with Crippen LogP contribution in [0.25, 0.3) is 10.9 Å². The van der Waals surface area contributed by atoms with Gasteiger partial charge in [-0.2, -0.15) is 0 Å². The molecular weight excluding hydrogens is 250 g/mol. The molecule has 0 bridgehead atoms. The van der Waals surface area contributed by atoms with Gasteiger partial charge in [0, 0.05) is 24.3 Å². The molecule has 20 heavy (non-hydrogen) atoms. The molecule has 0 radical (unpaired) electrons. The molecule has 98 valence electrons. The number of amides is 1. The van der Waals surface area contributed by atoms with Crippen LogP contribution in [-0.4, -0.2) is 15.9 Å². The summed E-state index contributed by atoms with van der Waals surface area (Å²) < 4.78 is 0. The largest absolute Gasteiger partial charge is 0.347 e. The summed E-state index contributed by atoms with van der Waals surface area (Å²) in [4.78, 5) is 20.3. The van der Waals surface area contributed by atoms with E-state index >= 15 is 0 Å². The molecule has 3 rings (SSSR count). The molecule has 0 saturated carbocycles. The van der Waals surface area contributed by atoms with Crippen molar-refractivity contribution < 1.29 is 4.79 Å². The average molecular weight is 263 g/mol. The number of carbonyl (C=O) groups is 1. The minimum atomic E-state index is -0.182. The lowest BCUT2D eigenvalue weighted by Crippen LogP contribution is -2.23. The summed E-state index contributed by atoms with van der Waals surface area (Å²) in [7, 11) is 0. The number of benzene rings is 1. The molecule has 0 unspecified atom stereocenters. The molecule has 1 amide bonds. The maximum Gasteiger partial charge on any atom is 0.270 e. The predicted octanol–water partition coefficient (Wildman–Crippen LogP) is 2.56. The number of rotatable bonds is 3. The Morgan fingerprint density at radius 3 is 2.75 bits per heavy atom. The van der Waals surface area contributed by atoms with Gasteiger partial charge in [0.05, 0.1) is 5.52 Å². The number of nitrogens with zero attached hydrogens (tertiary/aromatic N) is 2. The topological polar surface area (TPSA) is 54.9 Å². The third-order valence-corrected chi connectivity index (χ3v) is 3.00. The summed E-state index contributed by atoms with van der Waals surface area (Å²) >= 11 is 0. The quantitative estimate of drug-likeness (QED) is 0.790. The minimum absolute atomic E-state index is 0.182. The summed E-state index contributed by atoms with van der Waals surface area (Å²) in [5.74, 6) is -0.182. The van der Waals surface area contributed by atoms with E-state index in [1.54, 1.807) is 30.6 Å².